The van der Waals surface area contributed by atoms with Gasteiger partial charge in [0.2, 0.25) is 5.91 Å². The molecule has 1 rings (SSSR count). The standard InChI is InChI=1S/C15H21N3O3/c1-21-10-9-18(8-2-7-16)15(20)14(17)11-12-3-5-13(19)6-4-12/h3-6,14,19H,2,8-11,17H2,1H3/t14-/m0/s1. The van der Waals surface area contributed by atoms with E-state index in [1.165, 1.54) is 0 Å². The number of benzene rings is 1. The number of rotatable bonds is 8. The summed E-state index contributed by atoms with van der Waals surface area (Å²) in [6.07, 6.45) is 0.649. The Hall–Kier alpha value is -2.10. The molecule has 6 nitrogen and oxygen atoms in total. The average molecular weight is 291 g/mol. The molecule has 0 aromatic heterocycles. The Morgan fingerprint density at radius 1 is 1.43 bits per heavy atom. The second kappa shape index (κ2) is 8.95. The summed E-state index contributed by atoms with van der Waals surface area (Å²) in [6, 6.07) is 7.93. The van der Waals surface area contributed by atoms with Crippen molar-refractivity contribution in [2.24, 2.45) is 5.73 Å². The molecule has 0 radical (unpaired) electrons. The smallest absolute Gasteiger partial charge is 0.239 e. The number of phenols is 1. The van der Waals surface area contributed by atoms with E-state index in [0.29, 0.717) is 26.1 Å². The van der Waals surface area contributed by atoms with Gasteiger partial charge in [-0.1, -0.05) is 12.1 Å². The molecule has 114 valence electrons. The van der Waals surface area contributed by atoms with Gasteiger partial charge in [0.15, 0.2) is 0 Å². The van der Waals surface area contributed by atoms with E-state index in [2.05, 4.69) is 0 Å². The maximum Gasteiger partial charge on any atom is 0.239 e. The molecular formula is C15H21N3O3. The second-order valence-electron chi connectivity index (χ2n) is 4.70. The molecule has 1 aromatic carbocycles. The first kappa shape index (κ1) is 17.0. The highest BCUT2D eigenvalue weighted by molar-refractivity contribution is 5.82. The van der Waals surface area contributed by atoms with Crippen molar-refractivity contribution in [2.45, 2.75) is 18.9 Å². The van der Waals surface area contributed by atoms with E-state index in [-0.39, 0.29) is 18.1 Å². The number of aromatic hydroxyl groups is 1. The molecule has 6 heteroatoms. The third-order valence-electron chi connectivity index (χ3n) is 3.08. The number of hydrogen-bond donors (Lipinski definition) is 2. The normalized spacial score (nSPS) is 11.7. The van der Waals surface area contributed by atoms with E-state index < -0.39 is 6.04 Å². The van der Waals surface area contributed by atoms with Crippen molar-refractivity contribution in [3.8, 4) is 11.8 Å². The van der Waals surface area contributed by atoms with Crippen molar-refractivity contribution < 1.29 is 14.6 Å². The largest absolute Gasteiger partial charge is 0.508 e. The number of carbonyl (C=O) groups is 1. The molecule has 3 N–H and O–H groups in total. The summed E-state index contributed by atoms with van der Waals surface area (Å²) in [7, 11) is 1.56. The first-order valence-corrected chi connectivity index (χ1v) is 6.76. The second-order valence-corrected chi connectivity index (χ2v) is 4.70. The third-order valence-corrected chi connectivity index (χ3v) is 3.08. The molecule has 0 aliphatic rings. The Morgan fingerprint density at radius 3 is 2.67 bits per heavy atom. The van der Waals surface area contributed by atoms with E-state index in [1.807, 2.05) is 6.07 Å². The van der Waals surface area contributed by atoms with Crippen LogP contribution in [0.15, 0.2) is 24.3 Å². The predicted molar refractivity (Wildman–Crippen MR) is 78.5 cm³/mol. The van der Waals surface area contributed by atoms with Gasteiger partial charge >= 0.3 is 0 Å². The van der Waals surface area contributed by atoms with E-state index in [9.17, 15) is 9.90 Å². The number of ether oxygens (including phenoxy) is 1. The van der Waals surface area contributed by atoms with Gasteiger partial charge in [-0.25, -0.2) is 0 Å². The van der Waals surface area contributed by atoms with Gasteiger partial charge in [-0.15, -0.1) is 0 Å². The number of nitrogens with two attached hydrogens (primary N) is 1. The molecule has 0 spiro atoms. The van der Waals surface area contributed by atoms with Gasteiger partial charge in [0.1, 0.15) is 5.75 Å². The van der Waals surface area contributed by atoms with Crippen LogP contribution in [0.5, 0.6) is 5.75 Å². The number of carbonyl (C=O) groups excluding carboxylic acids is 1. The maximum atomic E-state index is 12.3. The van der Waals surface area contributed by atoms with E-state index in [1.54, 1.807) is 36.3 Å². The van der Waals surface area contributed by atoms with Gasteiger partial charge in [0.05, 0.1) is 25.1 Å². The van der Waals surface area contributed by atoms with E-state index >= 15 is 0 Å². The minimum Gasteiger partial charge on any atom is -0.508 e. The molecule has 0 saturated heterocycles. The Bertz CT molecular complexity index is 482. The lowest BCUT2D eigenvalue weighted by atomic mass is 10.1. The highest BCUT2D eigenvalue weighted by Gasteiger charge is 2.20. The number of amides is 1. The van der Waals surface area contributed by atoms with Crippen LogP contribution in [-0.2, 0) is 16.0 Å². The number of nitrogens with zero attached hydrogens (tertiary/aromatic N) is 2. The number of phenolic OH excluding ortho intramolecular Hbond substituents is 1. The van der Waals surface area contributed by atoms with Crippen molar-refractivity contribution in [3.05, 3.63) is 29.8 Å². The van der Waals surface area contributed by atoms with Crippen LogP contribution in [0.3, 0.4) is 0 Å². The summed E-state index contributed by atoms with van der Waals surface area (Å²) in [4.78, 5) is 13.9. The molecule has 0 aliphatic carbocycles. The monoisotopic (exact) mass is 291 g/mol. The van der Waals surface area contributed by atoms with Crippen LogP contribution in [0.2, 0.25) is 0 Å². The van der Waals surface area contributed by atoms with Crippen molar-refractivity contribution in [3.63, 3.8) is 0 Å². The quantitative estimate of drug-likeness (QED) is 0.732. The number of methoxy groups -OCH3 is 1. The number of nitriles is 1. The van der Waals surface area contributed by atoms with Crippen molar-refractivity contribution in [2.75, 3.05) is 26.8 Å². The lowest BCUT2D eigenvalue weighted by Gasteiger charge is -2.24. The zero-order valence-corrected chi connectivity index (χ0v) is 12.2. The minimum atomic E-state index is -0.676. The molecule has 0 bridgehead atoms. The molecule has 1 amide bonds. The molecule has 0 aliphatic heterocycles. The summed E-state index contributed by atoms with van der Waals surface area (Å²) in [6.45, 7) is 1.17. The Kier molecular flexibility index (Phi) is 7.23. The fraction of sp³-hybridized carbons (Fsp3) is 0.467. The lowest BCUT2D eigenvalue weighted by Crippen LogP contribution is -2.46. The van der Waals surface area contributed by atoms with Crippen LogP contribution in [0.4, 0.5) is 0 Å². The van der Waals surface area contributed by atoms with Gasteiger partial charge in [0.25, 0.3) is 0 Å². The number of hydrogen-bond acceptors (Lipinski definition) is 5. The van der Waals surface area contributed by atoms with E-state index in [0.717, 1.165) is 5.56 Å². The van der Waals surface area contributed by atoms with Gasteiger partial charge in [-0.2, -0.15) is 5.26 Å². The van der Waals surface area contributed by atoms with Crippen LogP contribution in [0.1, 0.15) is 12.0 Å². The summed E-state index contributed by atoms with van der Waals surface area (Å²) in [5.41, 5.74) is 6.83. The van der Waals surface area contributed by atoms with Gasteiger partial charge < -0.3 is 20.5 Å². The Balaban J connectivity index is 2.63. The van der Waals surface area contributed by atoms with Crippen molar-refractivity contribution in [1.82, 2.24) is 4.90 Å². The summed E-state index contributed by atoms with van der Waals surface area (Å²) < 4.78 is 4.97. The molecule has 1 atom stereocenters. The summed E-state index contributed by atoms with van der Waals surface area (Å²) >= 11 is 0. The van der Waals surface area contributed by atoms with E-state index in [4.69, 9.17) is 15.7 Å². The lowest BCUT2D eigenvalue weighted by molar-refractivity contribution is -0.133. The molecule has 0 fully saturated rings. The fourth-order valence-corrected chi connectivity index (χ4v) is 1.93. The first-order valence-electron chi connectivity index (χ1n) is 6.76. The molecule has 0 unspecified atom stereocenters. The minimum absolute atomic E-state index is 0.175. The molecular weight excluding hydrogens is 270 g/mol. The van der Waals surface area contributed by atoms with Gasteiger partial charge in [-0.3, -0.25) is 4.79 Å². The summed E-state index contributed by atoms with van der Waals surface area (Å²) in [5, 5.41) is 17.9. The van der Waals surface area contributed by atoms with Crippen LogP contribution in [0.25, 0.3) is 0 Å². The molecule has 0 heterocycles. The highest BCUT2D eigenvalue weighted by atomic mass is 16.5. The van der Waals surface area contributed by atoms with Gasteiger partial charge in [0, 0.05) is 20.2 Å². The molecule has 1 aromatic rings. The predicted octanol–water partition coefficient (Wildman–Crippen LogP) is 0.651. The zero-order chi connectivity index (χ0) is 15.7. The Morgan fingerprint density at radius 2 is 2.10 bits per heavy atom. The highest BCUT2D eigenvalue weighted by Crippen LogP contribution is 2.11. The van der Waals surface area contributed by atoms with Crippen LogP contribution >= 0.6 is 0 Å². The van der Waals surface area contributed by atoms with Gasteiger partial charge in [-0.05, 0) is 24.1 Å². The topological polar surface area (TPSA) is 99.6 Å². The third kappa shape index (κ3) is 5.81. The van der Waals surface area contributed by atoms with Crippen LogP contribution < -0.4 is 5.73 Å². The first-order chi connectivity index (χ1) is 10.1. The van der Waals surface area contributed by atoms with Crippen molar-refractivity contribution >= 4 is 5.91 Å². The summed E-state index contributed by atoms with van der Waals surface area (Å²) in [5.74, 6) is -0.0234. The zero-order valence-electron chi connectivity index (χ0n) is 12.2. The Labute approximate surface area is 124 Å². The average Bonchev–Trinajstić information content (AvgIpc) is 2.49. The maximum absolute atomic E-state index is 12.3. The molecule has 21 heavy (non-hydrogen) atoms. The fourth-order valence-electron chi connectivity index (χ4n) is 1.93. The van der Waals surface area contributed by atoms with Crippen LogP contribution in [-0.4, -0.2) is 48.8 Å². The SMILES string of the molecule is COCCN(CCC#N)C(=O)[C@@H](N)Cc1ccc(O)cc1. The molecule has 0 saturated carbocycles. The van der Waals surface area contributed by atoms with Crippen LogP contribution in [0, 0.1) is 11.3 Å². The van der Waals surface area contributed by atoms with Crippen molar-refractivity contribution in [1.29, 1.82) is 5.26 Å².